The number of aliphatic hydroxyl groups excluding tert-OH is 1. The molecule has 0 fully saturated rings. The van der Waals surface area contributed by atoms with Crippen LogP contribution in [0.1, 0.15) is 25.0 Å². The molecule has 90 valence electrons. The van der Waals surface area contributed by atoms with Crippen LogP contribution in [0.15, 0.2) is 24.3 Å². The number of anilines is 1. The second kappa shape index (κ2) is 4.84. The van der Waals surface area contributed by atoms with E-state index in [9.17, 15) is 13.5 Å². The van der Waals surface area contributed by atoms with Crippen molar-refractivity contribution >= 4 is 15.5 Å². The Morgan fingerprint density at radius 3 is 2.50 bits per heavy atom. The smallest absolute Gasteiger partial charge is 0.153 e. The molecule has 0 unspecified atom stereocenters. The third-order valence-corrected chi connectivity index (χ3v) is 4.25. The fraction of sp³-hybridized carbons (Fsp3) is 0.455. The Morgan fingerprint density at radius 1 is 1.44 bits per heavy atom. The van der Waals surface area contributed by atoms with Gasteiger partial charge in [0, 0.05) is 11.9 Å². The number of hydrogen-bond donors (Lipinski definition) is 2. The second-order valence-electron chi connectivity index (χ2n) is 3.89. The van der Waals surface area contributed by atoms with E-state index in [1.165, 1.54) is 0 Å². The summed E-state index contributed by atoms with van der Waals surface area (Å²) in [6.07, 6.45) is 0.481. The zero-order valence-corrected chi connectivity index (χ0v) is 10.2. The SMILES string of the molecule is CC[C@H]([C@@H](O)c1cccc(N)c1)S(C)(=O)=O. The average Bonchev–Trinajstić information content (AvgIpc) is 2.16. The van der Waals surface area contributed by atoms with Crippen molar-refractivity contribution in [3.05, 3.63) is 29.8 Å². The van der Waals surface area contributed by atoms with Crippen LogP contribution in [0.25, 0.3) is 0 Å². The van der Waals surface area contributed by atoms with Gasteiger partial charge in [-0.1, -0.05) is 19.1 Å². The molecular formula is C11H17NO3S. The molecule has 0 bridgehead atoms. The molecule has 3 N–H and O–H groups in total. The van der Waals surface area contributed by atoms with E-state index in [-0.39, 0.29) is 0 Å². The first kappa shape index (κ1) is 13.0. The lowest BCUT2D eigenvalue weighted by Crippen LogP contribution is -2.26. The molecule has 1 aromatic rings. The van der Waals surface area contributed by atoms with Crippen molar-refractivity contribution in [1.29, 1.82) is 0 Å². The van der Waals surface area contributed by atoms with E-state index in [4.69, 9.17) is 5.73 Å². The van der Waals surface area contributed by atoms with Crippen LogP contribution in [0.3, 0.4) is 0 Å². The highest BCUT2D eigenvalue weighted by Gasteiger charge is 2.28. The van der Waals surface area contributed by atoms with Crippen molar-refractivity contribution in [2.45, 2.75) is 24.7 Å². The van der Waals surface area contributed by atoms with Gasteiger partial charge in [0.05, 0.1) is 11.4 Å². The molecule has 0 aromatic heterocycles. The van der Waals surface area contributed by atoms with Crippen molar-refractivity contribution in [2.24, 2.45) is 0 Å². The minimum atomic E-state index is -3.27. The Bertz CT molecular complexity index is 456. The molecule has 16 heavy (non-hydrogen) atoms. The van der Waals surface area contributed by atoms with Crippen LogP contribution in [0.4, 0.5) is 5.69 Å². The topological polar surface area (TPSA) is 80.4 Å². The van der Waals surface area contributed by atoms with Crippen molar-refractivity contribution in [1.82, 2.24) is 0 Å². The Hall–Kier alpha value is -1.07. The van der Waals surface area contributed by atoms with Crippen LogP contribution < -0.4 is 5.73 Å². The van der Waals surface area contributed by atoms with E-state index in [0.29, 0.717) is 17.7 Å². The lowest BCUT2D eigenvalue weighted by atomic mass is 10.0. The maximum atomic E-state index is 11.5. The van der Waals surface area contributed by atoms with E-state index in [1.54, 1.807) is 31.2 Å². The van der Waals surface area contributed by atoms with E-state index in [0.717, 1.165) is 6.26 Å². The molecule has 2 atom stereocenters. The summed E-state index contributed by atoms with van der Waals surface area (Å²) < 4.78 is 22.9. The molecule has 0 aliphatic rings. The molecule has 0 amide bonds. The second-order valence-corrected chi connectivity index (χ2v) is 6.16. The maximum Gasteiger partial charge on any atom is 0.153 e. The highest BCUT2D eigenvalue weighted by atomic mass is 32.2. The summed E-state index contributed by atoms with van der Waals surface area (Å²) in [7, 11) is -3.27. The van der Waals surface area contributed by atoms with E-state index < -0.39 is 21.2 Å². The molecule has 0 spiro atoms. The minimum Gasteiger partial charge on any atom is -0.399 e. The maximum absolute atomic E-state index is 11.5. The zero-order valence-electron chi connectivity index (χ0n) is 9.42. The molecule has 0 saturated heterocycles. The van der Waals surface area contributed by atoms with Crippen molar-refractivity contribution in [3.63, 3.8) is 0 Å². The van der Waals surface area contributed by atoms with Gasteiger partial charge in [0.2, 0.25) is 0 Å². The first-order chi connectivity index (χ1) is 7.36. The van der Waals surface area contributed by atoms with E-state index in [2.05, 4.69) is 0 Å². The van der Waals surface area contributed by atoms with Gasteiger partial charge >= 0.3 is 0 Å². The third kappa shape index (κ3) is 2.96. The number of aliphatic hydroxyl groups is 1. The molecule has 0 saturated carbocycles. The fourth-order valence-electron chi connectivity index (χ4n) is 1.72. The molecule has 1 rings (SSSR count). The first-order valence-electron chi connectivity index (χ1n) is 5.08. The standard InChI is InChI=1S/C11H17NO3S/c1-3-10(16(2,14)15)11(13)8-5-4-6-9(12)7-8/h4-7,10-11,13H,3,12H2,1-2H3/t10-,11+/m1/s1. The summed E-state index contributed by atoms with van der Waals surface area (Å²) in [5.41, 5.74) is 6.64. The van der Waals surface area contributed by atoms with E-state index in [1.807, 2.05) is 0 Å². The fourth-order valence-corrected chi connectivity index (χ4v) is 2.95. The number of benzene rings is 1. The van der Waals surface area contributed by atoms with Gasteiger partial charge in [0.25, 0.3) is 0 Å². The van der Waals surface area contributed by atoms with Crippen molar-refractivity contribution in [3.8, 4) is 0 Å². The first-order valence-corrected chi connectivity index (χ1v) is 7.04. The number of nitrogen functional groups attached to an aromatic ring is 1. The van der Waals surface area contributed by atoms with Gasteiger partial charge in [-0.15, -0.1) is 0 Å². The highest BCUT2D eigenvalue weighted by molar-refractivity contribution is 7.91. The molecular weight excluding hydrogens is 226 g/mol. The van der Waals surface area contributed by atoms with Crippen molar-refractivity contribution < 1.29 is 13.5 Å². The average molecular weight is 243 g/mol. The van der Waals surface area contributed by atoms with Gasteiger partial charge in [-0.3, -0.25) is 0 Å². The molecule has 0 radical (unpaired) electrons. The van der Waals surface area contributed by atoms with Crippen molar-refractivity contribution in [2.75, 3.05) is 12.0 Å². The lowest BCUT2D eigenvalue weighted by Gasteiger charge is -2.20. The molecule has 1 aromatic carbocycles. The van der Waals surface area contributed by atoms with Crippen LogP contribution in [0.5, 0.6) is 0 Å². The molecule has 0 aliphatic heterocycles. The quantitative estimate of drug-likeness (QED) is 0.777. The van der Waals surface area contributed by atoms with Gasteiger partial charge in [0.1, 0.15) is 0 Å². The van der Waals surface area contributed by atoms with Gasteiger partial charge in [-0.05, 0) is 24.1 Å². The summed E-state index contributed by atoms with van der Waals surface area (Å²) >= 11 is 0. The van der Waals surface area contributed by atoms with E-state index >= 15 is 0 Å². The predicted octanol–water partition coefficient (Wildman–Crippen LogP) is 1.13. The lowest BCUT2D eigenvalue weighted by molar-refractivity contribution is 0.169. The van der Waals surface area contributed by atoms with Crippen LogP contribution >= 0.6 is 0 Å². The summed E-state index contributed by atoms with van der Waals surface area (Å²) in [6, 6.07) is 6.66. The molecule has 5 heteroatoms. The summed E-state index contributed by atoms with van der Waals surface area (Å²) in [4.78, 5) is 0. The zero-order chi connectivity index (χ0) is 12.3. The summed E-state index contributed by atoms with van der Waals surface area (Å²) in [6.45, 7) is 1.74. The summed E-state index contributed by atoms with van der Waals surface area (Å²) in [5, 5.41) is 9.22. The predicted molar refractivity (Wildman–Crippen MR) is 64.7 cm³/mol. The largest absolute Gasteiger partial charge is 0.399 e. The Morgan fingerprint density at radius 2 is 2.06 bits per heavy atom. The number of hydrogen-bond acceptors (Lipinski definition) is 4. The molecule has 0 heterocycles. The number of sulfone groups is 1. The van der Waals surface area contributed by atoms with Gasteiger partial charge in [0.15, 0.2) is 9.84 Å². The Balaban J connectivity index is 3.05. The van der Waals surface area contributed by atoms with Gasteiger partial charge in [-0.2, -0.15) is 0 Å². The molecule has 4 nitrogen and oxygen atoms in total. The minimum absolute atomic E-state index is 0.370. The Kier molecular flexibility index (Phi) is 3.93. The normalized spacial score (nSPS) is 15.7. The van der Waals surface area contributed by atoms with Gasteiger partial charge in [-0.25, -0.2) is 8.42 Å². The third-order valence-electron chi connectivity index (χ3n) is 2.56. The molecule has 0 aliphatic carbocycles. The van der Waals surface area contributed by atoms with Gasteiger partial charge < -0.3 is 10.8 Å². The highest BCUT2D eigenvalue weighted by Crippen LogP contribution is 2.25. The monoisotopic (exact) mass is 243 g/mol. The number of nitrogens with two attached hydrogens (primary N) is 1. The number of rotatable bonds is 4. The van der Waals surface area contributed by atoms with Crippen LogP contribution in [0.2, 0.25) is 0 Å². The van der Waals surface area contributed by atoms with Crippen LogP contribution in [-0.2, 0) is 9.84 Å². The Labute approximate surface area is 96.0 Å². The van der Waals surface area contributed by atoms with Crippen LogP contribution in [-0.4, -0.2) is 25.0 Å². The van der Waals surface area contributed by atoms with Crippen LogP contribution in [0, 0.1) is 0 Å². The summed E-state index contributed by atoms with van der Waals surface area (Å²) in [5.74, 6) is 0.